The first-order chi connectivity index (χ1) is 12.7. The second kappa shape index (κ2) is 7.09. The van der Waals surface area contributed by atoms with E-state index < -0.39 is 0 Å². The van der Waals surface area contributed by atoms with Crippen molar-refractivity contribution >= 4 is 22.9 Å². The topological polar surface area (TPSA) is 83.4 Å². The number of ether oxygens (including phenoxy) is 2. The van der Waals surface area contributed by atoms with Crippen LogP contribution in [-0.2, 0) is 5.75 Å². The first-order valence-electron chi connectivity index (χ1n) is 7.79. The largest absolute Gasteiger partial charge is 0.497 e. The predicted molar refractivity (Wildman–Crippen MR) is 96.4 cm³/mol. The molecule has 0 N–H and O–H groups in total. The summed E-state index contributed by atoms with van der Waals surface area (Å²) in [5.74, 6) is 2.80. The van der Waals surface area contributed by atoms with E-state index in [4.69, 9.17) is 18.3 Å². The summed E-state index contributed by atoms with van der Waals surface area (Å²) >= 11 is 1.37. The van der Waals surface area contributed by atoms with Gasteiger partial charge >= 0.3 is 0 Å². The maximum atomic E-state index is 5.72. The molecule has 8 heteroatoms. The van der Waals surface area contributed by atoms with Crippen LogP contribution >= 0.6 is 11.8 Å². The molecule has 0 saturated carbocycles. The minimum atomic E-state index is 0.391. The minimum absolute atomic E-state index is 0.391. The Balaban J connectivity index is 1.51. The number of aromatic nitrogens is 3. The molecule has 0 saturated heterocycles. The van der Waals surface area contributed by atoms with Gasteiger partial charge in [0.2, 0.25) is 11.8 Å². The minimum Gasteiger partial charge on any atom is -0.497 e. The van der Waals surface area contributed by atoms with Crippen LogP contribution in [0.15, 0.2) is 56.5 Å². The Hall–Kier alpha value is -3.00. The highest BCUT2D eigenvalue weighted by molar-refractivity contribution is 7.98. The number of benzene rings is 2. The molecule has 0 aliphatic rings. The predicted octanol–water partition coefficient (Wildman–Crippen LogP) is 4.19. The molecule has 0 aliphatic heterocycles. The molecule has 0 unspecified atom stereocenters. The molecule has 0 radical (unpaired) electrons. The van der Waals surface area contributed by atoms with Crippen LogP contribution in [0.3, 0.4) is 0 Å². The Labute approximate surface area is 153 Å². The number of thioether (sulfide) groups is 1. The molecule has 26 heavy (non-hydrogen) atoms. The number of oxazole rings is 1. The summed E-state index contributed by atoms with van der Waals surface area (Å²) in [5, 5.41) is 8.59. The smallest absolute Gasteiger partial charge is 0.277 e. The van der Waals surface area contributed by atoms with Gasteiger partial charge in [0.05, 0.1) is 20.0 Å². The van der Waals surface area contributed by atoms with Gasteiger partial charge in [0.15, 0.2) is 5.58 Å². The van der Waals surface area contributed by atoms with E-state index in [0.717, 1.165) is 16.7 Å². The lowest BCUT2D eigenvalue weighted by atomic mass is 10.2. The molecule has 0 bridgehead atoms. The van der Waals surface area contributed by atoms with Crippen molar-refractivity contribution < 1.29 is 18.3 Å². The normalized spacial score (nSPS) is 11.0. The van der Waals surface area contributed by atoms with Crippen molar-refractivity contribution in [2.24, 2.45) is 0 Å². The van der Waals surface area contributed by atoms with Crippen molar-refractivity contribution in [2.75, 3.05) is 14.2 Å². The third-order valence-corrected chi connectivity index (χ3v) is 4.47. The van der Waals surface area contributed by atoms with Crippen LogP contribution in [0.5, 0.6) is 11.5 Å². The monoisotopic (exact) mass is 369 g/mol. The number of hydrogen-bond acceptors (Lipinski definition) is 8. The lowest BCUT2D eigenvalue weighted by Gasteiger charge is -2.05. The highest BCUT2D eigenvalue weighted by atomic mass is 32.2. The summed E-state index contributed by atoms with van der Waals surface area (Å²) in [6, 6.07) is 13.0. The maximum absolute atomic E-state index is 5.72. The number of para-hydroxylation sites is 2. The summed E-state index contributed by atoms with van der Waals surface area (Å²) in [4.78, 5) is 4.43. The van der Waals surface area contributed by atoms with Gasteiger partial charge in [-0.25, -0.2) is 4.98 Å². The van der Waals surface area contributed by atoms with Gasteiger partial charge in [-0.3, -0.25) is 0 Å². The van der Waals surface area contributed by atoms with Crippen LogP contribution in [0.1, 0.15) is 5.89 Å². The van der Waals surface area contributed by atoms with Gasteiger partial charge in [0.1, 0.15) is 17.0 Å². The number of fused-ring (bicyclic) bond motifs is 1. The van der Waals surface area contributed by atoms with E-state index in [1.807, 2.05) is 36.4 Å². The first-order valence-corrected chi connectivity index (χ1v) is 8.78. The zero-order valence-electron chi connectivity index (χ0n) is 14.1. The summed E-state index contributed by atoms with van der Waals surface area (Å²) in [5.41, 5.74) is 2.32. The Bertz CT molecular complexity index is 989. The number of rotatable bonds is 6. The van der Waals surface area contributed by atoms with Crippen LogP contribution in [-0.4, -0.2) is 29.4 Å². The summed E-state index contributed by atoms with van der Waals surface area (Å²) < 4.78 is 21.9. The van der Waals surface area contributed by atoms with E-state index >= 15 is 0 Å². The van der Waals surface area contributed by atoms with Crippen molar-refractivity contribution in [3.63, 3.8) is 0 Å². The molecule has 0 aliphatic carbocycles. The average molecular weight is 369 g/mol. The summed E-state index contributed by atoms with van der Waals surface area (Å²) in [6.45, 7) is 0. The fraction of sp³-hybridized carbons (Fsp3) is 0.167. The lowest BCUT2D eigenvalue weighted by Crippen LogP contribution is -1.88. The second-order valence-corrected chi connectivity index (χ2v) is 6.27. The van der Waals surface area contributed by atoms with Gasteiger partial charge in [0, 0.05) is 11.6 Å². The summed E-state index contributed by atoms with van der Waals surface area (Å²) in [6.07, 6.45) is 0. The Morgan fingerprint density at radius 1 is 0.962 bits per heavy atom. The SMILES string of the molecule is COc1cc(OC)cc(-c2nnc(SCc3nc4ccccc4o3)o2)c1. The van der Waals surface area contributed by atoms with Gasteiger partial charge in [-0.1, -0.05) is 23.9 Å². The lowest BCUT2D eigenvalue weighted by molar-refractivity contribution is 0.394. The van der Waals surface area contributed by atoms with E-state index in [0.29, 0.717) is 34.3 Å². The molecule has 4 rings (SSSR count). The number of methoxy groups -OCH3 is 2. The molecule has 2 aromatic heterocycles. The van der Waals surface area contributed by atoms with Gasteiger partial charge in [-0.2, -0.15) is 0 Å². The Morgan fingerprint density at radius 2 is 1.73 bits per heavy atom. The van der Waals surface area contributed by atoms with E-state index in [1.165, 1.54) is 11.8 Å². The van der Waals surface area contributed by atoms with Crippen LogP contribution in [0.4, 0.5) is 0 Å². The van der Waals surface area contributed by atoms with Crippen LogP contribution in [0, 0.1) is 0 Å². The fourth-order valence-corrected chi connectivity index (χ4v) is 3.03. The highest BCUT2D eigenvalue weighted by Crippen LogP contribution is 2.31. The zero-order chi connectivity index (χ0) is 17.9. The fourth-order valence-electron chi connectivity index (χ4n) is 2.42. The number of nitrogens with zero attached hydrogens (tertiary/aromatic N) is 3. The number of hydrogen-bond donors (Lipinski definition) is 0. The standard InChI is InChI=1S/C18H15N3O4S/c1-22-12-7-11(8-13(9-12)23-2)17-20-21-18(25-17)26-10-16-19-14-5-3-4-6-15(14)24-16/h3-9H,10H2,1-2H3. The maximum Gasteiger partial charge on any atom is 0.277 e. The third kappa shape index (κ3) is 3.36. The molecule has 0 amide bonds. The van der Waals surface area contributed by atoms with E-state index in [9.17, 15) is 0 Å². The highest BCUT2D eigenvalue weighted by Gasteiger charge is 2.13. The van der Waals surface area contributed by atoms with E-state index in [1.54, 1.807) is 20.3 Å². The van der Waals surface area contributed by atoms with Crippen LogP contribution < -0.4 is 9.47 Å². The van der Waals surface area contributed by atoms with Crippen molar-refractivity contribution in [3.8, 4) is 23.0 Å². The van der Waals surface area contributed by atoms with Crippen LogP contribution in [0.2, 0.25) is 0 Å². The zero-order valence-corrected chi connectivity index (χ0v) is 14.9. The molecule has 2 aromatic carbocycles. The molecule has 0 spiro atoms. The molecule has 4 aromatic rings. The first kappa shape index (κ1) is 16.5. The molecule has 7 nitrogen and oxygen atoms in total. The van der Waals surface area contributed by atoms with Crippen molar-refractivity contribution in [1.29, 1.82) is 0 Å². The van der Waals surface area contributed by atoms with Gasteiger partial charge < -0.3 is 18.3 Å². The average Bonchev–Trinajstić information content (AvgIpc) is 3.32. The van der Waals surface area contributed by atoms with Gasteiger partial charge in [0.25, 0.3) is 5.22 Å². The van der Waals surface area contributed by atoms with Crippen molar-refractivity contribution in [3.05, 3.63) is 48.4 Å². The van der Waals surface area contributed by atoms with Crippen molar-refractivity contribution in [1.82, 2.24) is 15.2 Å². The Morgan fingerprint density at radius 3 is 2.46 bits per heavy atom. The summed E-state index contributed by atoms with van der Waals surface area (Å²) in [7, 11) is 3.18. The van der Waals surface area contributed by atoms with Gasteiger partial charge in [-0.15, -0.1) is 10.2 Å². The van der Waals surface area contributed by atoms with Crippen molar-refractivity contribution in [2.45, 2.75) is 11.0 Å². The molecule has 0 atom stereocenters. The van der Waals surface area contributed by atoms with E-state index in [2.05, 4.69) is 15.2 Å². The molecular weight excluding hydrogens is 354 g/mol. The molecule has 132 valence electrons. The second-order valence-electron chi connectivity index (χ2n) is 5.34. The third-order valence-electron chi connectivity index (χ3n) is 3.66. The quantitative estimate of drug-likeness (QED) is 0.468. The molecule has 0 fully saturated rings. The van der Waals surface area contributed by atoms with Crippen LogP contribution in [0.25, 0.3) is 22.6 Å². The molecular formula is C18H15N3O4S. The Kier molecular flexibility index (Phi) is 4.49. The van der Waals surface area contributed by atoms with E-state index in [-0.39, 0.29) is 0 Å². The van der Waals surface area contributed by atoms with Gasteiger partial charge in [-0.05, 0) is 24.3 Å². The molecule has 2 heterocycles.